The van der Waals surface area contributed by atoms with Gasteiger partial charge in [0.2, 0.25) is 0 Å². The van der Waals surface area contributed by atoms with E-state index in [4.69, 9.17) is 23.2 Å². The van der Waals surface area contributed by atoms with Crippen LogP contribution in [-0.4, -0.2) is 16.8 Å². The minimum Gasteiger partial charge on any atom is -0.507 e. The molecule has 1 saturated heterocycles. The van der Waals surface area contributed by atoms with E-state index in [1.165, 1.54) is 41.3 Å². The molecule has 1 heterocycles. The number of Topliss-reactive ketones (excluding diaryl/α,β-unsaturated/α-hetero) is 1. The lowest BCUT2D eigenvalue weighted by Gasteiger charge is -2.26. The number of aryl methyl sites for hydroxylation is 1. The first-order chi connectivity index (χ1) is 14.8. The molecule has 0 bridgehead atoms. The van der Waals surface area contributed by atoms with E-state index in [1.807, 2.05) is 19.1 Å². The van der Waals surface area contributed by atoms with Crippen LogP contribution in [0.4, 0.5) is 10.1 Å². The van der Waals surface area contributed by atoms with Crippen LogP contribution in [0.1, 0.15) is 22.7 Å². The van der Waals surface area contributed by atoms with E-state index < -0.39 is 23.5 Å². The van der Waals surface area contributed by atoms with Gasteiger partial charge in [0.15, 0.2) is 0 Å². The SMILES string of the molecule is Cc1cccc(C2/C(=C(\O)c3ccc(F)cc3)C(=O)C(=O)N2c2ccc(Cl)c(Cl)c2)c1. The molecule has 1 aliphatic heterocycles. The third kappa shape index (κ3) is 3.82. The molecule has 4 rings (SSSR count). The van der Waals surface area contributed by atoms with Crippen molar-refractivity contribution < 1.29 is 19.1 Å². The maximum Gasteiger partial charge on any atom is 0.300 e. The quantitative estimate of drug-likeness (QED) is 0.296. The molecule has 4 nitrogen and oxygen atoms in total. The fourth-order valence-corrected chi connectivity index (χ4v) is 3.94. The highest BCUT2D eigenvalue weighted by atomic mass is 35.5. The van der Waals surface area contributed by atoms with Crippen LogP contribution in [0.2, 0.25) is 10.0 Å². The number of ketones is 1. The Morgan fingerprint density at radius 3 is 2.32 bits per heavy atom. The van der Waals surface area contributed by atoms with Crippen LogP contribution in [0.5, 0.6) is 0 Å². The van der Waals surface area contributed by atoms with Gasteiger partial charge in [0, 0.05) is 11.3 Å². The molecule has 0 spiro atoms. The fourth-order valence-electron chi connectivity index (χ4n) is 3.65. The molecule has 1 fully saturated rings. The highest BCUT2D eigenvalue weighted by Gasteiger charge is 2.47. The average molecular weight is 456 g/mol. The molecule has 1 atom stereocenters. The van der Waals surface area contributed by atoms with Crippen molar-refractivity contribution in [3.8, 4) is 0 Å². The van der Waals surface area contributed by atoms with Gasteiger partial charge in [0.05, 0.1) is 21.7 Å². The highest BCUT2D eigenvalue weighted by Crippen LogP contribution is 2.43. The Labute approximate surface area is 188 Å². The van der Waals surface area contributed by atoms with Gasteiger partial charge >= 0.3 is 0 Å². The standard InChI is InChI=1S/C24H16Cl2FNO3/c1-13-3-2-4-15(11-13)21-20(22(29)14-5-7-16(27)8-6-14)23(30)24(31)28(21)17-9-10-18(25)19(26)12-17/h2-12,21,29H,1H3/b22-20+. The van der Waals surface area contributed by atoms with Crippen molar-refractivity contribution in [3.63, 3.8) is 0 Å². The molecule has 1 unspecified atom stereocenters. The van der Waals surface area contributed by atoms with Crippen molar-refractivity contribution in [1.29, 1.82) is 0 Å². The van der Waals surface area contributed by atoms with E-state index in [-0.39, 0.29) is 21.9 Å². The number of nitrogens with zero attached hydrogens (tertiary/aromatic N) is 1. The second-order valence-electron chi connectivity index (χ2n) is 7.19. The third-order valence-electron chi connectivity index (χ3n) is 5.10. The van der Waals surface area contributed by atoms with Gasteiger partial charge in [-0.3, -0.25) is 14.5 Å². The monoisotopic (exact) mass is 455 g/mol. The minimum absolute atomic E-state index is 0.0896. The summed E-state index contributed by atoms with van der Waals surface area (Å²) in [6.45, 7) is 1.88. The highest BCUT2D eigenvalue weighted by molar-refractivity contribution is 6.52. The molecule has 3 aromatic carbocycles. The molecule has 1 N–H and O–H groups in total. The Kier molecular flexibility index (Phi) is 5.56. The predicted molar refractivity (Wildman–Crippen MR) is 119 cm³/mol. The Hall–Kier alpha value is -3.15. The van der Waals surface area contributed by atoms with Crippen LogP contribution in [-0.2, 0) is 9.59 Å². The molecule has 156 valence electrons. The predicted octanol–water partition coefficient (Wildman–Crippen LogP) is 6.07. The number of aliphatic hydroxyl groups is 1. The van der Waals surface area contributed by atoms with Gasteiger partial charge in [-0.05, 0) is 55.0 Å². The zero-order chi connectivity index (χ0) is 22.3. The van der Waals surface area contributed by atoms with Crippen molar-refractivity contribution in [1.82, 2.24) is 0 Å². The first kappa shape index (κ1) is 21.1. The van der Waals surface area contributed by atoms with Crippen LogP contribution in [0.3, 0.4) is 0 Å². The molecule has 3 aromatic rings. The molecule has 0 aromatic heterocycles. The van der Waals surface area contributed by atoms with Gasteiger partial charge in [-0.25, -0.2) is 4.39 Å². The number of rotatable bonds is 3. The van der Waals surface area contributed by atoms with Crippen molar-refractivity contribution >= 4 is 46.3 Å². The molecular formula is C24H16Cl2FNO3. The van der Waals surface area contributed by atoms with Gasteiger partial charge in [-0.1, -0.05) is 53.0 Å². The van der Waals surface area contributed by atoms with Gasteiger partial charge in [-0.15, -0.1) is 0 Å². The van der Waals surface area contributed by atoms with Crippen LogP contribution < -0.4 is 4.90 Å². The Morgan fingerprint density at radius 2 is 1.68 bits per heavy atom. The molecule has 7 heteroatoms. The van der Waals surface area contributed by atoms with Crippen molar-refractivity contribution in [3.05, 3.63) is 105 Å². The summed E-state index contributed by atoms with van der Waals surface area (Å²) in [6.07, 6.45) is 0. The van der Waals surface area contributed by atoms with Crippen LogP contribution in [0.15, 0.2) is 72.3 Å². The fraction of sp³-hybridized carbons (Fsp3) is 0.0833. The average Bonchev–Trinajstić information content (AvgIpc) is 3.01. The van der Waals surface area contributed by atoms with E-state index in [1.54, 1.807) is 18.2 Å². The lowest BCUT2D eigenvalue weighted by molar-refractivity contribution is -0.132. The van der Waals surface area contributed by atoms with Gasteiger partial charge in [-0.2, -0.15) is 0 Å². The number of benzene rings is 3. The number of hydrogen-bond donors (Lipinski definition) is 1. The molecule has 1 aliphatic rings. The van der Waals surface area contributed by atoms with E-state index in [0.717, 1.165) is 5.56 Å². The van der Waals surface area contributed by atoms with Crippen LogP contribution >= 0.6 is 23.2 Å². The molecule has 31 heavy (non-hydrogen) atoms. The number of halogens is 3. The molecule has 0 radical (unpaired) electrons. The Morgan fingerprint density at radius 1 is 0.968 bits per heavy atom. The number of amides is 1. The summed E-state index contributed by atoms with van der Waals surface area (Å²) in [4.78, 5) is 27.4. The normalized spacial score (nSPS) is 17.9. The maximum absolute atomic E-state index is 13.4. The van der Waals surface area contributed by atoms with Crippen molar-refractivity contribution in [2.45, 2.75) is 13.0 Å². The van der Waals surface area contributed by atoms with Crippen molar-refractivity contribution in [2.75, 3.05) is 4.90 Å². The molecule has 0 saturated carbocycles. The number of carbonyl (C=O) groups is 2. The summed E-state index contributed by atoms with van der Waals surface area (Å²) in [5.41, 5.74) is 2.05. The van der Waals surface area contributed by atoms with Crippen molar-refractivity contribution in [2.24, 2.45) is 0 Å². The Bertz CT molecular complexity index is 1240. The lowest BCUT2D eigenvalue weighted by atomic mass is 9.94. The maximum atomic E-state index is 13.4. The van der Waals surface area contributed by atoms with Gasteiger partial charge in [0.1, 0.15) is 11.6 Å². The van der Waals surface area contributed by atoms with Gasteiger partial charge in [0.25, 0.3) is 11.7 Å². The van der Waals surface area contributed by atoms with Gasteiger partial charge < -0.3 is 5.11 Å². The van der Waals surface area contributed by atoms with E-state index in [2.05, 4.69) is 0 Å². The first-order valence-corrected chi connectivity index (χ1v) is 10.1. The smallest absolute Gasteiger partial charge is 0.300 e. The number of anilines is 1. The Balaban J connectivity index is 1.96. The summed E-state index contributed by atoms with van der Waals surface area (Å²) >= 11 is 12.2. The molecule has 0 aliphatic carbocycles. The van der Waals surface area contributed by atoms with E-state index in [0.29, 0.717) is 16.3 Å². The summed E-state index contributed by atoms with van der Waals surface area (Å²) in [5.74, 6) is -2.52. The van der Waals surface area contributed by atoms with E-state index >= 15 is 0 Å². The zero-order valence-corrected chi connectivity index (χ0v) is 17.8. The van der Waals surface area contributed by atoms with Crippen LogP contribution in [0, 0.1) is 12.7 Å². The molecule has 1 amide bonds. The third-order valence-corrected chi connectivity index (χ3v) is 5.84. The number of hydrogen-bond acceptors (Lipinski definition) is 3. The topological polar surface area (TPSA) is 57.6 Å². The number of aliphatic hydroxyl groups excluding tert-OH is 1. The minimum atomic E-state index is -0.901. The second kappa shape index (κ2) is 8.17. The lowest BCUT2D eigenvalue weighted by Crippen LogP contribution is -2.29. The molecular weight excluding hydrogens is 440 g/mol. The summed E-state index contributed by atoms with van der Waals surface area (Å²) in [6, 6.07) is 16.0. The van der Waals surface area contributed by atoms with E-state index in [9.17, 15) is 19.1 Å². The summed E-state index contributed by atoms with van der Waals surface area (Å²) < 4.78 is 13.4. The summed E-state index contributed by atoms with van der Waals surface area (Å²) in [7, 11) is 0. The van der Waals surface area contributed by atoms with Crippen LogP contribution in [0.25, 0.3) is 5.76 Å². The summed E-state index contributed by atoms with van der Waals surface area (Å²) in [5, 5.41) is 11.5. The second-order valence-corrected chi connectivity index (χ2v) is 8.00. The number of carbonyl (C=O) groups excluding carboxylic acids is 2. The first-order valence-electron chi connectivity index (χ1n) is 9.36. The largest absolute Gasteiger partial charge is 0.507 e. The zero-order valence-electron chi connectivity index (χ0n) is 16.3.